The number of nitrogens with one attached hydrogen (secondary N) is 1. The van der Waals surface area contributed by atoms with Gasteiger partial charge in [-0.2, -0.15) is 0 Å². The zero-order valence-electron chi connectivity index (χ0n) is 12.7. The molecule has 1 N–H and O–H groups in total. The first-order valence-corrected chi connectivity index (χ1v) is 8.63. The Morgan fingerprint density at radius 2 is 1.85 bits per heavy atom. The van der Waals surface area contributed by atoms with Gasteiger partial charge in [0.25, 0.3) is 0 Å². The van der Waals surface area contributed by atoms with Gasteiger partial charge in [0.15, 0.2) is 0 Å². The van der Waals surface area contributed by atoms with Gasteiger partial charge in [0.05, 0.1) is 0 Å². The highest BCUT2D eigenvalue weighted by atomic mass is 79.9. The van der Waals surface area contributed by atoms with Gasteiger partial charge in [0, 0.05) is 17.1 Å². The highest BCUT2D eigenvalue weighted by Crippen LogP contribution is 2.14. The summed E-state index contributed by atoms with van der Waals surface area (Å²) < 4.78 is 1.15. The van der Waals surface area contributed by atoms with Crippen LogP contribution in [0.5, 0.6) is 0 Å². The molecule has 1 aromatic carbocycles. The lowest BCUT2D eigenvalue weighted by Gasteiger charge is -2.32. The standard InChI is InChI=1S/C17H27BrN2/c1-14(2)7-10-20-11-8-17(9-12-20)19-13-15-3-5-16(18)6-4-15/h3-6,14,17,19H,7-13H2,1-2H3. The van der Waals surface area contributed by atoms with Crippen LogP contribution in [0.2, 0.25) is 0 Å². The topological polar surface area (TPSA) is 15.3 Å². The monoisotopic (exact) mass is 338 g/mol. The summed E-state index contributed by atoms with van der Waals surface area (Å²) in [4.78, 5) is 2.62. The Balaban J connectivity index is 1.65. The number of benzene rings is 1. The smallest absolute Gasteiger partial charge is 0.0208 e. The van der Waals surface area contributed by atoms with Crippen molar-refractivity contribution in [2.45, 2.75) is 45.7 Å². The van der Waals surface area contributed by atoms with Crippen molar-refractivity contribution in [3.8, 4) is 0 Å². The van der Waals surface area contributed by atoms with E-state index in [-0.39, 0.29) is 0 Å². The van der Waals surface area contributed by atoms with Crippen molar-refractivity contribution in [3.63, 3.8) is 0 Å². The molecule has 0 unspecified atom stereocenters. The van der Waals surface area contributed by atoms with Crippen molar-refractivity contribution in [2.24, 2.45) is 5.92 Å². The largest absolute Gasteiger partial charge is 0.310 e. The van der Waals surface area contributed by atoms with Crippen LogP contribution in [0.15, 0.2) is 28.7 Å². The van der Waals surface area contributed by atoms with Gasteiger partial charge in [0.1, 0.15) is 0 Å². The fourth-order valence-corrected chi connectivity index (χ4v) is 2.93. The molecular formula is C17H27BrN2. The molecule has 1 saturated heterocycles. The number of hydrogen-bond donors (Lipinski definition) is 1. The van der Waals surface area contributed by atoms with Crippen LogP contribution in [0, 0.1) is 5.92 Å². The second kappa shape index (κ2) is 8.16. The molecule has 0 bridgehead atoms. The highest BCUT2D eigenvalue weighted by Gasteiger charge is 2.18. The van der Waals surface area contributed by atoms with Gasteiger partial charge >= 0.3 is 0 Å². The SMILES string of the molecule is CC(C)CCN1CCC(NCc2ccc(Br)cc2)CC1. The van der Waals surface area contributed by atoms with Gasteiger partial charge in [-0.1, -0.05) is 41.9 Å². The Morgan fingerprint density at radius 1 is 1.20 bits per heavy atom. The van der Waals surface area contributed by atoms with E-state index in [0.717, 1.165) is 16.9 Å². The van der Waals surface area contributed by atoms with Crippen LogP contribution in [0.4, 0.5) is 0 Å². The fraction of sp³-hybridized carbons (Fsp3) is 0.647. The molecule has 0 atom stereocenters. The molecule has 1 fully saturated rings. The van der Waals surface area contributed by atoms with E-state index in [2.05, 4.69) is 64.3 Å². The number of hydrogen-bond acceptors (Lipinski definition) is 2. The van der Waals surface area contributed by atoms with Crippen molar-refractivity contribution >= 4 is 15.9 Å². The van der Waals surface area contributed by atoms with Crippen molar-refractivity contribution in [1.29, 1.82) is 0 Å². The summed E-state index contributed by atoms with van der Waals surface area (Å²) in [6.45, 7) is 9.40. The first-order chi connectivity index (χ1) is 9.63. The van der Waals surface area contributed by atoms with Gasteiger partial charge in [-0.05, 0) is 62.5 Å². The van der Waals surface area contributed by atoms with E-state index >= 15 is 0 Å². The Labute approximate surface area is 132 Å². The second-order valence-corrected chi connectivity index (χ2v) is 7.22. The summed E-state index contributed by atoms with van der Waals surface area (Å²) in [6.07, 6.45) is 3.90. The molecule has 1 aliphatic heterocycles. The quantitative estimate of drug-likeness (QED) is 0.841. The lowest BCUT2D eigenvalue weighted by atomic mass is 10.0. The first kappa shape index (κ1) is 16.0. The Morgan fingerprint density at radius 3 is 2.45 bits per heavy atom. The molecule has 2 rings (SSSR count). The average Bonchev–Trinajstić information content (AvgIpc) is 2.45. The maximum atomic E-state index is 3.70. The summed E-state index contributed by atoms with van der Waals surface area (Å²) in [7, 11) is 0. The summed E-state index contributed by atoms with van der Waals surface area (Å²) >= 11 is 3.48. The molecule has 1 aliphatic rings. The molecule has 1 aromatic rings. The molecule has 2 nitrogen and oxygen atoms in total. The van der Waals surface area contributed by atoms with Gasteiger partial charge in [-0.25, -0.2) is 0 Å². The molecule has 3 heteroatoms. The van der Waals surface area contributed by atoms with E-state index in [1.807, 2.05) is 0 Å². The summed E-state index contributed by atoms with van der Waals surface area (Å²) in [5.74, 6) is 0.822. The second-order valence-electron chi connectivity index (χ2n) is 6.31. The number of nitrogens with zero attached hydrogens (tertiary/aromatic N) is 1. The Hall–Kier alpha value is -0.380. The van der Waals surface area contributed by atoms with Gasteiger partial charge < -0.3 is 10.2 Å². The predicted octanol–water partition coefficient (Wildman–Crippen LogP) is 4.05. The van der Waals surface area contributed by atoms with Crippen LogP contribution >= 0.6 is 15.9 Å². The van der Waals surface area contributed by atoms with Crippen molar-refractivity contribution < 1.29 is 0 Å². The Bertz CT molecular complexity index is 380. The minimum absolute atomic E-state index is 0.689. The number of piperidine rings is 1. The van der Waals surface area contributed by atoms with E-state index in [9.17, 15) is 0 Å². The summed E-state index contributed by atoms with van der Waals surface area (Å²) in [6, 6.07) is 9.30. The predicted molar refractivity (Wildman–Crippen MR) is 89.9 cm³/mol. The first-order valence-electron chi connectivity index (χ1n) is 7.83. The molecule has 0 aromatic heterocycles. The maximum Gasteiger partial charge on any atom is 0.0208 e. The number of likely N-dealkylation sites (tertiary alicyclic amines) is 1. The minimum Gasteiger partial charge on any atom is -0.310 e. The van der Waals surface area contributed by atoms with E-state index in [0.29, 0.717) is 6.04 Å². The van der Waals surface area contributed by atoms with Crippen LogP contribution in [0.3, 0.4) is 0 Å². The van der Waals surface area contributed by atoms with Gasteiger partial charge in [-0.3, -0.25) is 0 Å². The van der Waals surface area contributed by atoms with Crippen LogP contribution in [-0.4, -0.2) is 30.6 Å². The molecule has 0 saturated carbocycles. The zero-order valence-corrected chi connectivity index (χ0v) is 14.3. The summed E-state index contributed by atoms with van der Waals surface area (Å²) in [5, 5.41) is 3.70. The molecule has 112 valence electrons. The van der Waals surface area contributed by atoms with Crippen LogP contribution in [0.25, 0.3) is 0 Å². The zero-order chi connectivity index (χ0) is 14.4. The summed E-state index contributed by atoms with van der Waals surface area (Å²) in [5.41, 5.74) is 1.37. The fourth-order valence-electron chi connectivity index (χ4n) is 2.67. The van der Waals surface area contributed by atoms with Crippen molar-refractivity contribution in [3.05, 3.63) is 34.3 Å². The van der Waals surface area contributed by atoms with E-state index in [4.69, 9.17) is 0 Å². The van der Waals surface area contributed by atoms with E-state index in [1.54, 1.807) is 0 Å². The molecule has 0 radical (unpaired) electrons. The third kappa shape index (κ3) is 5.55. The van der Waals surface area contributed by atoms with E-state index < -0.39 is 0 Å². The van der Waals surface area contributed by atoms with Crippen LogP contribution in [-0.2, 0) is 6.54 Å². The highest BCUT2D eigenvalue weighted by molar-refractivity contribution is 9.10. The molecule has 1 heterocycles. The number of rotatable bonds is 6. The van der Waals surface area contributed by atoms with Gasteiger partial charge in [-0.15, -0.1) is 0 Å². The van der Waals surface area contributed by atoms with Gasteiger partial charge in [0.2, 0.25) is 0 Å². The van der Waals surface area contributed by atoms with Crippen LogP contribution in [0.1, 0.15) is 38.7 Å². The third-order valence-corrected chi connectivity index (χ3v) is 4.65. The van der Waals surface area contributed by atoms with Crippen molar-refractivity contribution in [2.75, 3.05) is 19.6 Å². The lowest BCUT2D eigenvalue weighted by Crippen LogP contribution is -2.42. The van der Waals surface area contributed by atoms with Crippen molar-refractivity contribution in [1.82, 2.24) is 10.2 Å². The molecular weight excluding hydrogens is 312 g/mol. The minimum atomic E-state index is 0.689. The van der Waals surface area contributed by atoms with E-state index in [1.165, 1.54) is 44.5 Å². The van der Waals surface area contributed by atoms with Crippen LogP contribution < -0.4 is 5.32 Å². The molecule has 0 spiro atoms. The third-order valence-electron chi connectivity index (χ3n) is 4.12. The maximum absolute atomic E-state index is 3.70. The Kier molecular flexibility index (Phi) is 6.53. The lowest BCUT2D eigenvalue weighted by molar-refractivity contribution is 0.189. The molecule has 0 aliphatic carbocycles. The average molecular weight is 339 g/mol. The molecule has 20 heavy (non-hydrogen) atoms. The molecule has 0 amide bonds. The number of halogens is 1. The normalized spacial score (nSPS) is 17.8.